The van der Waals surface area contributed by atoms with Gasteiger partial charge in [0.2, 0.25) is 11.8 Å². The van der Waals surface area contributed by atoms with Gasteiger partial charge >= 0.3 is 0 Å². The number of benzene rings is 2. The van der Waals surface area contributed by atoms with Gasteiger partial charge in [-0.2, -0.15) is 0 Å². The third kappa shape index (κ3) is 4.81. The molecule has 2 aliphatic rings. The summed E-state index contributed by atoms with van der Waals surface area (Å²) in [4.78, 5) is 47.7. The summed E-state index contributed by atoms with van der Waals surface area (Å²) in [5.41, 5.74) is 3.67. The van der Waals surface area contributed by atoms with Gasteiger partial charge in [0.1, 0.15) is 11.0 Å². The van der Waals surface area contributed by atoms with Gasteiger partial charge in [0, 0.05) is 18.0 Å². The number of fused-ring (bicyclic) bond motifs is 1. The first-order valence-electron chi connectivity index (χ1n) is 13.1. The topological polar surface area (TPSA) is 70.6 Å². The number of amides is 3. The van der Waals surface area contributed by atoms with Gasteiger partial charge in [-0.1, -0.05) is 38.7 Å². The molecule has 1 aliphatic carbocycles. The highest BCUT2D eigenvalue weighted by Gasteiger charge is 2.46. The molecule has 3 aromatic rings. The highest BCUT2D eigenvalue weighted by molar-refractivity contribution is 7.21. The fourth-order valence-corrected chi connectivity index (χ4v) is 6.59. The minimum Gasteiger partial charge on any atom is -0.327 e. The molecule has 1 unspecified atom stereocenters. The van der Waals surface area contributed by atoms with Crippen LogP contribution in [0.3, 0.4) is 0 Å². The van der Waals surface area contributed by atoms with Gasteiger partial charge in [-0.15, -0.1) is 11.3 Å². The summed E-state index contributed by atoms with van der Waals surface area (Å²) in [6.45, 7) is 4.04. The van der Waals surface area contributed by atoms with Crippen LogP contribution in [0.15, 0.2) is 42.5 Å². The fourth-order valence-electron chi connectivity index (χ4n) is 5.52. The molecule has 1 saturated carbocycles. The second-order valence-corrected chi connectivity index (χ2v) is 11.1. The number of thiazole rings is 1. The van der Waals surface area contributed by atoms with E-state index in [9.17, 15) is 14.4 Å². The van der Waals surface area contributed by atoms with E-state index in [-0.39, 0.29) is 30.2 Å². The van der Waals surface area contributed by atoms with Gasteiger partial charge in [-0.05, 0) is 68.1 Å². The first-order chi connectivity index (χ1) is 17.5. The van der Waals surface area contributed by atoms with Crippen LogP contribution in [-0.4, -0.2) is 39.7 Å². The van der Waals surface area contributed by atoms with Crippen molar-refractivity contribution in [2.75, 3.05) is 4.90 Å². The Morgan fingerprint density at radius 2 is 1.78 bits per heavy atom. The lowest BCUT2D eigenvalue weighted by Gasteiger charge is -2.35. The smallest absolute Gasteiger partial charge is 0.257 e. The van der Waals surface area contributed by atoms with E-state index in [0.717, 1.165) is 65.7 Å². The summed E-state index contributed by atoms with van der Waals surface area (Å²) in [6, 6.07) is 13.0. The third-order valence-corrected chi connectivity index (χ3v) is 8.41. The molecule has 6 nitrogen and oxygen atoms in total. The SMILES string of the molecule is CCCC(=O)N(C1CCCCCC1)C1CC(=O)N(c2ccc(-c3nc4ccc(C)cc4s3)cc2)C1=O. The van der Waals surface area contributed by atoms with E-state index in [1.54, 1.807) is 16.2 Å². The number of aromatic nitrogens is 1. The number of carbonyl (C=O) groups is 3. The molecular weight excluding hydrogens is 470 g/mol. The predicted molar refractivity (Wildman–Crippen MR) is 144 cm³/mol. The highest BCUT2D eigenvalue weighted by atomic mass is 32.1. The molecule has 36 heavy (non-hydrogen) atoms. The molecule has 1 atom stereocenters. The summed E-state index contributed by atoms with van der Waals surface area (Å²) >= 11 is 1.63. The fraction of sp³-hybridized carbons (Fsp3) is 0.448. The molecule has 0 bridgehead atoms. The minimum absolute atomic E-state index is 0.00109. The van der Waals surface area contributed by atoms with E-state index in [1.807, 2.05) is 37.3 Å². The van der Waals surface area contributed by atoms with Gasteiger partial charge in [0.15, 0.2) is 0 Å². The van der Waals surface area contributed by atoms with Crippen LogP contribution < -0.4 is 4.90 Å². The quantitative estimate of drug-likeness (QED) is 0.294. The van der Waals surface area contributed by atoms with Crippen molar-refractivity contribution in [3.8, 4) is 10.6 Å². The summed E-state index contributed by atoms with van der Waals surface area (Å²) in [5, 5.41) is 0.906. The molecule has 188 valence electrons. The van der Waals surface area contributed by atoms with E-state index in [2.05, 4.69) is 19.1 Å². The second kappa shape index (κ2) is 10.5. The van der Waals surface area contributed by atoms with Crippen LogP contribution in [0.1, 0.15) is 70.3 Å². The molecule has 2 aromatic carbocycles. The van der Waals surface area contributed by atoms with Gasteiger partial charge in [-0.3, -0.25) is 14.4 Å². The van der Waals surface area contributed by atoms with E-state index in [4.69, 9.17) is 4.98 Å². The zero-order valence-corrected chi connectivity index (χ0v) is 21.9. The van der Waals surface area contributed by atoms with Crippen molar-refractivity contribution < 1.29 is 14.4 Å². The summed E-state index contributed by atoms with van der Waals surface area (Å²) in [6.07, 6.45) is 7.46. The van der Waals surface area contributed by atoms with Gasteiger partial charge in [0.05, 0.1) is 22.3 Å². The van der Waals surface area contributed by atoms with Crippen LogP contribution in [0.5, 0.6) is 0 Å². The molecule has 0 N–H and O–H groups in total. The van der Waals surface area contributed by atoms with E-state index < -0.39 is 6.04 Å². The highest BCUT2D eigenvalue weighted by Crippen LogP contribution is 2.34. The largest absolute Gasteiger partial charge is 0.327 e. The van der Waals surface area contributed by atoms with Crippen LogP contribution >= 0.6 is 11.3 Å². The first-order valence-corrected chi connectivity index (χ1v) is 13.9. The van der Waals surface area contributed by atoms with Crippen molar-refractivity contribution in [1.82, 2.24) is 9.88 Å². The van der Waals surface area contributed by atoms with Crippen molar-refractivity contribution in [3.63, 3.8) is 0 Å². The molecule has 1 saturated heterocycles. The van der Waals surface area contributed by atoms with Gasteiger partial charge < -0.3 is 4.90 Å². The first kappa shape index (κ1) is 24.6. The summed E-state index contributed by atoms with van der Waals surface area (Å²) in [5.74, 6) is -0.521. The molecular formula is C29H33N3O3S. The lowest BCUT2D eigenvalue weighted by atomic mass is 10.0. The molecule has 5 rings (SSSR count). The summed E-state index contributed by atoms with van der Waals surface area (Å²) < 4.78 is 1.14. The number of nitrogens with zero attached hydrogens (tertiary/aromatic N) is 3. The zero-order valence-electron chi connectivity index (χ0n) is 21.0. The normalized spacial score (nSPS) is 19.2. The van der Waals surface area contributed by atoms with E-state index in [1.165, 1.54) is 10.5 Å². The maximum Gasteiger partial charge on any atom is 0.257 e. The Hall–Kier alpha value is -3.06. The Labute approximate surface area is 216 Å². The van der Waals surface area contributed by atoms with Crippen LogP contribution in [-0.2, 0) is 14.4 Å². The van der Waals surface area contributed by atoms with Crippen molar-refractivity contribution in [3.05, 3.63) is 48.0 Å². The number of imide groups is 1. The Bertz CT molecular complexity index is 1270. The molecule has 2 fully saturated rings. The lowest BCUT2D eigenvalue weighted by Crippen LogP contribution is -2.50. The van der Waals surface area contributed by atoms with Gasteiger partial charge in [-0.25, -0.2) is 9.88 Å². The summed E-state index contributed by atoms with van der Waals surface area (Å²) in [7, 11) is 0. The Morgan fingerprint density at radius 1 is 1.06 bits per heavy atom. The number of anilines is 1. The number of aryl methyl sites for hydroxylation is 1. The minimum atomic E-state index is -0.702. The van der Waals surface area contributed by atoms with Crippen molar-refractivity contribution in [1.29, 1.82) is 0 Å². The molecule has 0 radical (unpaired) electrons. The number of hydrogen-bond donors (Lipinski definition) is 0. The van der Waals surface area contributed by atoms with Crippen molar-refractivity contribution >= 4 is 45.0 Å². The maximum absolute atomic E-state index is 13.6. The monoisotopic (exact) mass is 503 g/mol. The zero-order chi connectivity index (χ0) is 25.2. The Morgan fingerprint density at radius 3 is 2.47 bits per heavy atom. The average Bonchev–Trinajstić information content (AvgIpc) is 3.28. The van der Waals surface area contributed by atoms with Crippen LogP contribution in [0, 0.1) is 6.92 Å². The predicted octanol–water partition coefficient (Wildman–Crippen LogP) is 6.26. The Kier molecular flexibility index (Phi) is 7.19. The molecule has 2 heterocycles. The number of hydrogen-bond acceptors (Lipinski definition) is 5. The average molecular weight is 504 g/mol. The number of carbonyl (C=O) groups excluding carboxylic acids is 3. The number of rotatable bonds is 6. The van der Waals surface area contributed by atoms with Gasteiger partial charge in [0.25, 0.3) is 5.91 Å². The molecule has 7 heteroatoms. The van der Waals surface area contributed by atoms with Crippen molar-refractivity contribution in [2.45, 2.75) is 83.7 Å². The van der Waals surface area contributed by atoms with Crippen LogP contribution in [0.25, 0.3) is 20.8 Å². The van der Waals surface area contributed by atoms with E-state index >= 15 is 0 Å². The lowest BCUT2D eigenvalue weighted by molar-refractivity contribution is -0.141. The second-order valence-electron chi connectivity index (χ2n) is 10.0. The van der Waals surface area contributed by atoms with E-state index in [0.29, 0.717) is 12.1 Å². The third-order valence-electron chi connectivity index (χ3n) is 7.34. The molecule has 1 aromatic heterocycles. The van der Waals surface area contributed by atoms with Crippen LogP contribution in [0.4, 0.5) is 5.69 Å². The maximum atomic E-state index is 13.6. The van der Waals surface area contributed by atoms with Crippen molar-refractivity contribution in [2.24, 2.45) is 0 Å². The molecule has 0 spiro atoms. The molecule has 1 aliphatic heterocycles. The Balaban J connectivity index is 1.39. The molecule has 3 amide bonds. The van der Waals surface area contributed by atoms with Crippen LogP contribution in [0.2, 0.25) is 0 Å². The standard InChI is InChI=1S/C29H33N3O3S/c1-3-8-26(33)31(21-9-6-4-5-7-10-21)24-18-27(34)32(29(24)35)22-14-12-20(13-15-22)28-30-23-16-11-19(2)17-25(23)36-28/h11-17,21,24H,3-10,18H2,1-2H3.